The molecule has 31 heavy (non-hydrogen) atoms. The molecule has 3 aromatic carbocycles. The third-order valence-electron chi connectivity index (χ3n) is 5.09. The maximum Gasteiger partial charge on any atom is 0.191 e. The van der Waals surface area contributed by atoms with E-state index in [-0.39, 0.29) is 12.5 Å². The first-order valence-electron chi connectivity index (χ1n) is 10.6. The van der Waals surface area contributed by atoms with Crippen LogP contribution in [0.3, 0.4) is 0 Å². The Bertz CT molecular complexity index is 912. The number of nitrogens with zero attached hydrogens (tertiary/aromatic N) is 1. The third-order valence-corrected chi connectivity index (χ3v) is 5.09. The summed E-state index contributed by atoms with van der Waals surface area (Å²) in [7, 11) is 1.75. The van der Waals surface area contributed by atoms with E-state index < -0.39 is 0 Å². The number of aliphatic imine (C=N–C) groups is 1. The molecule has 162 valence electrons. The van der Waals surface area contributed by atoms with Gasteiger partial charge in [-0.1, -0.05) is 84.9 Å². The lowest BCUT2D eigenvalue weighted by Gasteiger charge is -2.18. The monoisotopic (exact) mass is 417 g/mol. The molecule has 0 aliphatic rings. The molecule has 1 atom stereocenters. The van der Waals surface area contributed by atoms with Crippen LogP contribution < -0.4 is 10.6 Å². The Morgan fingerprint density at radius 2 is 1.39 bits per heavy atom. The van der Waals surface area contributed by atoms with E-state index in [2.05, 4.69) is 52.0 Å². The summed E-state index contributed by atoms with van der Waals surface area (Å²) in [5.74, 6) is 0.736. The van der Waals surface area contributed by atoms with Crippen LogP contribution in [0.5, 0.6) is 0 Å². The number of aliphatic hydroxyl groups is 1. The fraction of sp³-hybridized carbons (Fsp3) is 0.269. The van der Waals surface area contributed by atoms with Gasteiger partial charge in [-0.3, -0.25) is 4.99 Å². The fourth-order valence-electron chi connectivity index (χ4n) is 3.25. The van der Waals surface area contributed by atoms with Crippen LogP contribution in [0.1, 0.15) is 28.2 Å². The lowest BCUT2D eigenvalue weighted by atomic mass is 10.0. The molecule has 3 aromatic rings. The summed E-state index contributed by atoms with van der Waals surface area (Å²) in [6.07, 6.45) is 0. The molecule has 0 bridgehead atoms. The molecule has 5 heteroatoms. The Balaban J connectivity index is 1.41. The largest absolute Gasteiger partial charge is 0.396 e. The highest BCUT2D eigenvalue weighted by Gasteiger charge is 2.10. The highest BCUT2D eigenvalue weighted by molar-refractivity contribution is 5.79. The minimum absolute atomic E-state index is 0.0231. The fourth-order valence-corrected chi connectivity index (χ4v) is 3.25. The van der Waals surface area contributed by atoms with Crippen LogP contribution in [0.2, 0.25) is 0 Å². The van der Waals surface area contributed by atoms with E-state index in [4.69, 9.17) is 4.74 Å². The van der Waals surface area contributed by atoms with Gasteiger partial charge in [0.1, 0.15) is 0 Å². The first-order chi connectivity index (χ1) is 15.3. The van der Waals surface area contributed by atoms with Crippen LogP contribution in [0.15, 0.2) is 89.9 Å². The van der Waals surface area contributed by atoms with Crippen molar-refractivity contribution in [2.45, 2.75) is 25.7 Å². The highest BCUT2D eigenvalue weighted by Crippen LogP contribution is 2.13. The van der Waals surface area contributed by atoms with Gasteiger partial charge in [-0.05, 0) is 22.3 Å². The molecular formula is C26H31N3O2. The molecule has 0 aliphatic carbocycles. The molecule has 0 heterocycles. The van der Waals surface area contributed by atoms with Crippen molar-refractivity contribution in [2.75, 3.05) is 20.2 Å². The Labute approximate surface area is 184 Å². The molecule has 1 unspecified atom stereocenters. The molecule has 0 fully saturated rings. The van der Waals surface area contributed by atoms with E-state index in [0.29, 0.717) is 32.3 Å². The number of ether oxygens (including phenoxy) is 1. The summed E-state index contributed by atoms with van der Waals surface area (Å²) in [5.41, 5.74) is 4.60. The Morgan fingerprint density at radius 3 is 2.00 bits per heavy atom. The zero-order chi connectivity index (χ0) is 21.7. The highest BCUT2D eigenvalue weighted by atomic mass is 16.5. The van der Waals surface area contributed by atoms with E-state index in [1.54, 1.807) is 7.05 Å². The molecule has 0 aromatic heterocycles. The van der Waals surface area contributed by atoms with Crippen LogP contribution in [-0.2, 0) is 24.5 Å². The van der Waals surface area contributed by atoms with Gasteiger partial charge in [0, 0.05) is 26.1 Å². The predicted octanol–water partition coefficient (Wildman–Crippen LogP) is 3.84. The predicted molar refractivity (Wildman–Crippen MR) is 126 cm³/mol. The topological polar surface area (TPSA) is 65.9 Å². The second kappa shape index (κ2) is 12.5. The summed E-state index contributed by atoms with van der Waals surface area (Å²) in [4.78, 5) is 4.28. The zero-order valence-corrected chi connectivity index (χ0v) is 18.0. The first kappa shape index (κ1) is 22.5. The van der Waals surface area contributed by atoms with E-state index in [1.807, 2.05) is 48.5 Å². The van der Waals surface area contributed by atoms with Gasteiger partial charge in [0.15, 0.2) is 5.96 Å². The van der Waals surface area contributed by atoms with Crippen LogP contribution in [0.4, 0.5) is 0 Å². The van der Waals surface area contributed by atoms with Gasteiger partial charge in [0.2, 0.25) is 0 Å². The third kappa shape index (κ3) is 7.55. The summed E-state index contributed by atoms with van der Waals surface area (Å²) >= 11 is 0. The van der Waals surface area contributed by atoms with Gasteiger partial charge in [-0.25, -0.2) is 0 Å². The van der Waals surface area contributed by atoms with Crippen molar-refractivity contribution in [2.24, 2.45) is 4.99 Å². The van der Waals surface area contributed by atoms with Gasteiger partial charge in [0.25, 0.3) is 0 Å². The number of aliphatic hydroxyl groups excluding tert-OH is 1. The SMILES string of the molecule is CN=C(NCc1ccc(COCc2ccccc2)cc1)NCC(CO)c1ccccc1. The van der Waals surface area contributed by atoms with E-state index in [0.717, 1.165) is 16.7 Å². The van der Waals surface area contributed by atoms with Crippen LogP contribution >= 0.6 is 0 Å². The number of benzene rings is 3. The maximum atomic E-state index is 9.71. The molecule has 0 amide bonds. The van der Waals surface area contributed by atoms with E-state index >= 15 is 0 Å². The molecule has 0 saturated heterocycles. The first-order valence-corrected chi connectivity index (χ1v) is 10.6. The van der Waals surface area contributed by atoms with Crippen LogP contribution in [0.25, 0.3) is 0 Å². The second-order valence-electron chi connectivity index (χ2n) is 7.39. The summed E-state index contributed by atoms with van der Waals surface area (Å²) in [5, 5.41) is 16.3. The lowest BCUT2D eigenvalue weighted by molar-refractivity contribution is 0.107. The van der Waals surface area contributed by atoms with Gasteiger partial charge in [-0.15, -0.1) is 0 Å². The maximum absolute atomic E-state index is 9.71. The van der Waals surface area contributed by atoms with Crippen molar-refractivity contribution in [3.63, 3.8) is 0 Å². The molecule has 0 spiro atoms. The number of nitrogens with one attached hydrogen (secondary N) is 2. The number of hydrogen-bond donors (Lipinski definition) is 3. The molecule has 3 rings (SSSR count). The van der Waals surface area contributed by atoms with Crippen molar-refractivity contribution >= 4 is 5.96 Å². The minimum atomic E-state index is 0.0231. The van der Waals surface area contributed by atoms with Crippen LogP contribution in [0, 0.1) is 0 Å². The lowest BCUT2D eigenvalue weighted by Crippen LogP contribution is -2.39. The van der Waals surface area contributed by atoms with Crippen molar-refractivity contribution in [3.05, 3.63) is 107 Å². The number of guanidine groups is 1. The van der Waals surface area contributed by atoms with Crippen molar-refractivity contribution in [3.8, 4) is 0 Å². The molecule has 0 aliphatic heterocycles. The van der Waals surface area contributed by atoms with E-state index in [1.165, 1.54) is 5.56 Å². The Morgan fingerprint density at radius 1 is 0.806 bits per heavy atom. The standard InChI is InChI=1S/C26H31N3O2/c1-27-26(29-17-25(18-30)24-10-6-3-7-11-24)28-16-21-12-14-23(15-13-21)20-31-19-22-8-4-2-5-9-22/h2-15,25,30H,16-20H2,1H3,(H2,27,28,29). The van der Waals surface area contributed by atoms with Crippen molar-refractivity contribution < 1.29 is 9.84 Å². The normalized spacial score (nSPS) is 12.4. The van der Waals surface area contributed by atoms with Crippen molar-refractivity contribution in [1.82, 2.24) is 10.6 Å². The van der Waals surface area contributed by atoms with Gasteiger partial charge >= 0.3 is 0 Å². The second-order valence-corrected chi connectivity index (χ2v) is 7.39. The average Bonchev–Trinajstić information content (AvgIpc) is 2.83. The molecular weight excluding hydrogens is 386 g/mol. The Hall–Kier alpha value is -3.15. The van der Waals surface area contributed by atoms with Gasteiger partial charge in [0.05, 0.1) is 19.8 Å². The van der Waals surface area contributed by atoms with Gasteiger partial charge < -0.3 is 20.5 Å². The minimum Gasteiger partial charge on any atom is -0.396 e. The smallest absolute Gasteiger partial charge is 0.191 e. The molecule has 0 saturated carbocycles. The van der Waals surface area contributed by atoms with Crippen molar-refractivity contribution in [1.29, 1.82) is 0 Å². The Kier molecular flexibility index (Phi) is 9.10. The number of rotatable bonds is 10. The quantitative estimate of drug-likeness (QED) is 0.346. The van der Waals surface area contributed by atoms with Crippen LogP contribution in [-0.4, -0.2) is 31.3 Å². The zero-order valence-electron chi connectivity index (χ0n) is 18.0. The molecule has 3 N–H and O–H groups in total. The molecule has 5 nitrogen and oxygen atoms in total. The summed E-state index contributed by atoms with van der Waals surface area (Å²) < 4.78 is 5.80. The number of hydrogen-bond acceptors (Lipinski definition) is 3. The summed E-state index contributed by atoms with van der Waals surface area (Å²) in [6.45, 7) is 2.57. The molecule has 0 radical (unpaired) electrons. The van der Waals surface area contributed by atoms with E-state index in [9.17, 15) is 5.11 Å². The summed E-state index contributed by atoms with van der Waals surface area (Å²) in [6, 6.07) is 28.6. The van der Waals surface area contributed by atoms with Gasteiger partial charge in [-0.2, -0.15) is 0 Å². The average molecular weight is 418 g/mol.